The Kier molecular flexibility index (Phi) is 5.99. The van der Waals surface area contributed by atoms with Crippen LogP contribution in [0.1, 0.15) is 44.6 Å². The second kappa shape index (κ2) is 8.38. The average molecular weight is 425 g/mol. The maximum absolute atomic E-state index is 13.3. The molecule has 1 amide bonds. The molecular weight excluding hydrogens is 393 g/mol. The van der Waals surface area contributed by atoms with Gasteiger partial charge in [-0.25, -0.2) is 0 Å². The summed E-state index contributed by atoms with van der Waals surface area (Å²) in [5, 5.41) is 0. The van der Waals surface area contributed by atoms with Crippen LogP contribution in [0.25, 0.3) is 0 Å². The Bertz CT molecular complexity index is 750. The largest absolute Gasteiger partial charge is 0.406 e. The van der Waals surface area contributed by atoms with Crippen molar-refractivity contribution in [3.63, 3.8) is 0 Å². The zero-order valence-electron chi connectivity index (χ0n) is 17.6. The molecule has 2 heterocycles. The minimum Gasteiger partial charge on any atom is -0.372 e. The zero-order chi connectivity index (χ0) is 21.5. The number of hydrogen-bond acceptors (Lipinski definition) is 4. The van der Waals surface area contributed by atoms with E-state index in [9.17, 15) is 18.0 Å². The zero-order valence-corrected chi connectivity index (χ0v) is 17.6. The minimum absolute atomic E-state index is 0.0521. The molecule has 2 N–H and O–H groups in total. The van der Waals surface area contributed by atoms with E-state index in [-0.39, 0.29) is 29.8 Å². The van der Waals surface area contributed by atoms with E-state index in [4.69, 9.17) is 0 Å². The number of halogens is 3. The third kappa shape index (κ3) is 4.04. The molecule has 2 aliphatic heterocycles. The Labute approximate surface area is 176 Å². The second-order valence-corrected chi connectivity index (χ2v) is 8.74. The molecule has 0 radical (unpaired) electrons. The highest BCUT2D eigenvalue weighted by Gasteiger charge is 2.54. The lowest BCUT2D eigenvalue weighted by Crippen LogP contribution is -2.63. The first-order valence-corrected chi connectivity index (χ1v) is 11.0. The first kappa shape index (κ1) is 21.4. The van der Waals surface area contributed by atoms with Gasteiger partial charge in [-0.1, -0.05) is 12.1 Å². The first-order valence-electron chi connectivity index (χ1n) is 11.0. The molecule has 3 fully saturated rings. The lowest BCUT2D eigenvalue weighted by Gasteiger charge is -2.50. The summed E-state index contributed by atoms with van der Waals surface area (Å²) >= 11 is 0. The smallest absolute Gasteiger partial charge is 0.372 e. The molecule has 1 saturated carbocycles. The highest BCUT2D eigenvalue weighted by atomic mass is 19.4. The molecule has 1 aliphatic carbocycles. The number of alkyl halides is 3. The van der Waals surface area contributed by atoms with E-state index in [1.807, 2.05) is 0 Å². The molecule has 2 saturated heterocycles. The maximum Gasteiger partial charge on any atom is 0.406 e. The van der Waals surface area contributed by atoms with Crippen molar-refractivity contribution in [2.75, 3.05) is 31.1 Å². The molecule has 1 aromatic carbocycles. The lowest BCUT2D eigenvalue weighted by molar-refractivity contribution is -0.178. The molecule has 5 unspecified atom stereocenters. The van der Waals surface area contributed by atoms with Crippen LogP contribution in [0.15, 0.2) is 24.3 Å². The number of carbonyl (C=O) groups is 1. The number of likely N-dealkylation sites (tertiary alicyclic amines) is 1. The summed E-state index contributed by atoms with van der Waals surface area (Å²) in [7, 11) is 0. The number of amides is 1. The molecule has 0 spiro atoms. The van der Waals surface area contributed by atoms with Crippen molar-refractivity contribution in [2.24, 2.45) is 11.8 Å². The number of fused-ring (bicyclic) bond motifs is 3. The third-order valence-electron chi connectivity index (χ3n) is 7.20. The van der Waals surface area contributed by atoms with E-state index in [1.165, 1.54) is 0 Å². The number of hydrogen-bond donors (Lipinski definition) is 2. The predicted octanol–water partition coefficient (Wildman–Crippen LogP) is 3.28. The predicted molar refractivity (Wildman–Crippen MR) is 110 cm³/mol. The summed E-state index contributed by atoms with van der Waals surface area (Å²) in [6.07, 6.45) is -2.04. The number of anilines is 1. The summed E-state index contributed by atoms with van der Waals surface area (Å²) in [5.74, 6) is -0.546. The van der Waals surface area contributed by atoms with E-state index in [1.54, 1.807) is 0 Å². The van der Waals surface area contributed by atoms with Gasteiger partial charge in [-0.3, -0.25) is 15.6 Å². The van der Waals surface area contributed by atoms with E-state index in [0.717, 1.165) is 42.1 Å². The van der Waals surface area contributed by atoms with Crippen LogP contribution in [-0.2, 0) is 4.79 Å². The second-order valence-electron chi connectivity index (χ2n) is 8.74. The van der Waals surface area contributed by atoms with Crippen molar-refractivity contribution in [3.8, 4) is 0 Å². The van der Waals surface area contributed by atoms with Gasteiger partial charge in [0.05, 0.1) is 5.92 Å². The molecule has 0 aromatic heterocycles. The molecule has 30 heavy (non-hydrogen) atoms. The lowest BCUT2D eigenvalue weighted by atomic mass is 9.67. The van der Waals surface area contributed by atoms with Crippen LogP contribution in [0, 0.1) is 11.8 Å². The van der Waals surface area contributed by atoms with Gasteiger partial charge in [0.2, 0.25) is 5.91 Å². The van der Waals surface area contributed by atoms with Crippen molar-refractivity contribution in [3.05, 3.63) is 29.8 Å². The summed E-state index contributed by atoms with van der Waals surface area (Å²) in [5.41, 5.74) is 8.49. The summed E-state index contributed by atoms with van der Waals surface area (Å²) < 4.78 is 39.9. The number of nitrogens with one attached hydrogen (secondary N) is 2. The van der Waals surface area contributed by atoms with Gasteiger partial charge in [0.1, 0.15) is 6.54 Å². The monoisotopic (exact) mass is 424 g/mol. The van der Waals surface area contributed by atoms with Gasteiger partial charge >= 0.3 is 6.18 Å². The molecule has 166 valence electrons. The van der Waals surface area contributed by atoms with Gasteiger partial charge < -0.3 is 9.80 Å². The Morgan fingerprint density at radius 3 is 2.47 bits per heavy atom. The fourth-order valence-corrected chi connectivity index (χ4v) is 5.72. The fourth-order valence-electron chi connectivity index (χ4n) is 5.72. The maximum atomic E-state index is 13.3. The topological polar surface area (TPSA) is 47.6 Å². The van der Waals surface area contributed by atoms with Crippen LogP contribution in [0.4, 0.5) is 18.9 Å². The number of carbonyl (C=O) groups excluding carboxylic acids is 1. The highest BCUT2D eigenvalue weighted by molar-refractivity contribution is 5.82. The SMILES string of the molecule is CCN(CC)c1ccc(C2CCC3C4NNCC4C(=O)N(CC(F)(F)F)C3C2)cc1. The van der Waals surface area contributed by atoms with E-state index in [2.05, 4.69) is 53.9 Å². The fraction of sp³-hybridized carbons (Fsp3) is 0.682. The molecular formula is C22H31F3N4O. The van der Waals surface area contributed by atoms with Crippen LogP contribution in [0.2, 0.25) is 0 Å². The Morgan fingerprint density at radius 1 is 1.13 bits per heavy atom. The number of rotatable bonds is 5. The van der Waals surface area contributed by atoms with E-state index in [0.29, 0.717) is 13.0 Å². The Hall–Kier alpha value is -1.80. The Balaban J connectivity index is 1.55. The van der Waals surface area contributed by atoms with Gasteiger partial charge in [0.25, 0.3) is 0 Å². The number of hydrazine groups is 1. The van der Waals surface area contributed by atoms with Crippen LogP contribution in [0.5, 0.6) is 0 Å². The molecule has 0 bridgehead atoms. The highest BCUT2D eigenvalue weighted by Crippen LogP contribution is 2.45. The number of piperidine rings is 1. The van der Waals surface area contributed by atoms with Crippen LogP contribution < -0.4 is 15.8 Å². The molecule has 1 aromatic rings. The van der Waals surface area contributed by atoms with Crippen molar-refractivity contribution >= 4 is 11.6 Å². The van der Waals surface area contributed by atoms with Crippen molar-refractivity contribution in [2.45, 2.75) is 57.3 Å². The van der Waals surface area contributed by atoms with Crippen molar-refractivity contribution in [1.82, 2.24) is 15.8 Å². The van der Waals surface area contributed by atoms with Crippen LogP contribution in [-0.4, -0.2) is 55.2 Å². The average Bonchev–Trinajstić information content (AvgIpc) is 3.22. The van der Waals surface area contributed by atoms with Crippen molar-refractivity contribution < 1.29 is 18.0 Å². The molecule has 3 aliphatic rings. The quantitative estimate of drug-likeness (QED) is 0.762. The van der Waals surface area contributed by atoms with Gasteiger partial charge in [-0.2, -0.15) is 13.2 Å². The van der Waals surface area contributed by atoms with Crippen LogP contribution in [0.3, 0.4) is 0 Å². The molecule has 5 nitrogen and oxygen atoms in total. The molecule has 5 atom stereocenters. The summed E-state index contributed by atoms with van der Waals surface area (Å²) in [6.45, 7) is 5.35. The van der Waals surface area contributed by atoms with Gasteiger partial charge in [0.15, 0.2) is 0 Å². The normalized spacial score (nSPS) is 31.4. The number of benzene rings is 1. The number of nitrogens with zero attached hydrogens (tertiary/aromatic N) is 2. The molecule has 8 heteroatoms. The standard InChI is InChI=1S/C22H31F3N4O/c1-3-28(4-2)16-8-5-14(6-9-16)15-7-10-17-19(11-15)29(13-22(23,24)25)21(30)18-12-26-27-20(17)18/h5-6,8-9,15,17-20,26-27H,3-4,7,10-13H2,1-2H3. The van der Waals surface area contributed by atoms with Gasteiger partial charge in [0, 0.05) is 37.4 Å². The van der Waals surface area contributed by atoms with E-state index >= 15 is 0 Å². The Morgan fingerprint density at radius 2 is 1.83 bits per heavy atom. The van der Waals surface area contributed by atoms with E-state index < -0.39 is 18.6 Å². The summed E-state index contributed by atoms with van der Waals surface area (Å²) in [6, 6.07) is 7.97. The van der Waals surface area contributed by atoms with Crippen LogP contribution >= 0.6 is 0 Å². The van der Waals surface area contributed by atoms with Crippen molar-refractivity contribution in [1.29, 1.82) is 0 Å². The minimum atomic E-state index is -4.38. The third-order valence-corrected chi connectivity index (χ3v) is 7.20. The molecule has 4 rings (SSSR count). The van der Waals surface area contributed by atoms with Gasteiger partial charge in [-0.15, -0.1) is 0 Å². The first-order chi connectivity index (χ1) is 14.3. The summed E-state index contributed by atoms with van der Waals surface area (Å²) in [4.78, 5) is 16.3. The van der Waals surface area contributed by atoms with Gasteiger partial charge in [-0.05, 0) is 62.6 Å².